The van der Waals surface area contributed by atoms with Crippen molar-refractivity contribution in [2.24, 2.45) is 0 Å². The van der Waals surface area contributed by atoms with E-state index in [-0.39, 0.29) is 11.9 Å². The van der Waals surface area contributed by atoms with Crippen LogP contribution in [0.5, 0.6) is 0 Å². The van der Waals surface area contributed by atoms with E-state index in [2.05, 4.69) is 27.0 Å². The van der Waals surface area contributed by atoms with E-state index in [0.717, 1.165) is 24.2 Å². The number of carbonyl (C=O) groups is 1. The Morgan fingerprint density at radius 1 is 1.00 bits per heavy atom. The Labute approximate surface area is 170 Å². The number of nitrogens with zero attached hydrogens (tertiary/aromatic N) is 2. The van der Waals surface area contributed by atoms with Crippen molar-refractivity contribution in [3.05, 3.63) is 90.1 Å². The van der Waals surface area contributed by atoms with Gasteiger partial charge in [0, 0.05) is 12.7 Å². The first kappa shape index (κ1) is 20.1. The summed E-state index contributed by atoms with van der Waals surface area (Å²) in [4.78, 5) is 16.1. The molecule has 1 atom stereocenters. The SMILES string of the molecule is N#Cc1ccc(CCNCC2Nc3cccnc3NC2=O)cc1.c1ccccc1. The largest absolute Gasteiger partial charge is 0.370 e. The summed E-state index contributed by atoms with van der Waals surface area (Å²) in [5, 5.41) is 18.0. The predicted octanol–water partition coefficient (Wildman–Crippen LogP) is 3.20. The third kappa shape index (κ3) is 6.16. The van der Waals surface area contributed by atoms with Gasteiger partial charge in [-0.1, -0.05) is 48.5 Å². The third-order valence-corrected chi connectivity index (χ3v) is 4.38. The van der Waals surface area contributed by atoms with Gasteiger partial charge < -0.3 is 16.0 Å². The van der Waals surface area contributed by atoms with E-state index in [9.17, 15) is 4.79 Å². The van der Waals surface area contributed by atoms with Crippen LogP contribution in [0.4, 0.5) is 11.5 Å². The van der Waals surface area contributed by atoms with E-state index in [4.69, 9.17) is 5.26 Å². The molecule has 2 heterocycles. The van der Waals surface area contributed by atoms with Gasteiger partial charge in [-0.3, -0.25) is 4.79 Å². The Bertz CT molecular complexity index is 924. The summed E-state index contributed by atoms with van der Waals surface area (Å²) in [6, 6.07) is 25.1. The van der Waals surface area contributed by atoms with Crippen LogP contribution in [-0.4, -0.2) is 30.0 Å². The Kier molecular flexibility index (Phi) is 7.33. The Morgan fingerprint density at radius 3 is 2.34 bits per heavy atom. The molecule has 2 aromatic carbocycles. The van der Waals surface area contributed by atoms with E-state index in [1.165, 1.54) is 0 Å². The maximum absolute atomic E-state index is 12.0. The van der Waals surface area contributed by atoms with Gasteiger partial charge in [0.05, 0.1) is 17.3 Å². The van der Waals surface area contributed by atoms with Gasteiger partial charge in [-0.15, -0.1) is 0 Å². The molecule has 29 heavy (non-hydrogen) atoms. The summed E-state index contributed by atoms with van der Waals surface area (Å²) in [6.07, 6.45) is 2.50. The molecule has 0 aliphatic carbocycles. The maximum atomic E-state index is 12.0. The third-order valence-electron chi connectivity index (χ3n) is 4.38. The molecule has 3 N–H and O–H groups in total. The van der Waals surface area contributed by atoms with Gasteiger partial charge in [-0.05, 0) is 42.8 Å². The predicted molar refractivity (Wildman–Crippen MR) is 114 cm³/mol. The lowest BCUT2D eigenvalue weighted by atomic mass is 10.1. The molecular weight excluding hydrogens is 362 g/mol. The van der Waals surface area contributed by atoms with E-state index in [0.29, 0.717) is 17.9 Å². The second-order valence-corrected chi connectivity index (χ2v) is 6.50. The van der Waals surface area contributed by atoms with E-state index >= 15 is 0 Å². The molecule has 0 fully saturated rings. The molecule has 0 radical (unpaired) electrons. The number of amides is 1. The van der Waals surface area contributed by atoms with Crippen LogP contribution in [0.25, 0.3) is 0 Å². The van der Waals surface area contributed by atoms with Crippen molar-refractivity contribution in [3.63, 3.8) is 0 Å². The molecule has 1 aromatic heterocycles. The quantitative estimate of drug-likeness (QED) is 0.587. The van der Waals surface area contributed by atoms with Gasteiger partial charge in [0.2, 0.25) is 5.91 Å². The van der Waals surface area contributed by atoms with E-state index < -0.39 is 0 Å². The Hall–Kier alpha value is -3.69. The average molecular weight is 385 g/mol. The first-order valence-electron chi connectivity index (χ1n) is 9.48. The van der Waals surface area contributed by atoms with Crippen LogP contribution in [-0.2, 0) is 11.2 Å². The van der Waals surface area contributed by atoms with Gasteiger partial charge in [-0.25, -0.2) is 4.98 Å². The number of rotatable bonds is 5. The summed E-state index contributed by atoms with van der Waals surface area (Å²) in [5.41, 5.74) is 2.66. The molecule has 1 aliphatic rings. The normalized spacial score (nSPS) is 14.3. The zero-order chi connectivity index (χ0) is 20.3. The van der Waals surface area contributed by atoms with Gasteiger partial charge in [0.15, 0.2) is 5.82 Å². The molecule has 1 aliphatic heterocycles. The highest BCUT2D eigenvalue weighted by molar-refractivity contribution is 6.01. The van der Waals surface area contributed by atoms with Crippen molar-refractivity contribution in [1.82, 2.24) is 10.3 Å². The van der Waals surface area contributed by atoms with E-state index in [1.807, 2.05) is 72.8 Å². The van der Waals surface area contributed by atoms with Crippen molar-refractivity contribution >= 4 is 17.4 Å². The maximum Gasteiger partial charge on any atom is 0.249 e. The van der Waals surface area contributed by atoms with Crippen molar-refractivity contribution < 1.29 is 4.79 Å². The monoisotopic (exact) mass is 385 g/mol. The molecule has 1 unspecified atom stereocenters. The van der Waals surface area contributed by atoms with Crippen molar-refractivity contribution in [2.45, 2.75) is 12.5 Å². The van der Waals surface area contributed by atoms with Crippen molar-refractivity contribution in [2.75, 3.05) is 23.7 Å². The second kappa shape index (κ2) is 10.6. The second-order valence-electron chi connectivity index (χ2n) is 6.50. The number of aromatic nitrogens is 1. The molecular formula is C23H23N5O. The molecule has 0 saturated carbocycles. The number of benzene rings is 2. The number of nitriles is 1. The van der Waals surface area contributed by atoms with Crippen LogP contribution in [0.1, 0.15) is 11.1 Å². The minimum Gasteiger partial charge on any atom is -0.370 e. The fourth-order valence-electron chi connectivity index (χ4n) is 2.83. The zero-order valence-electron chi connectivity index (χ0n) is 16.0. The average Bonchev–Trinajstić information content (AvgIpc) is 2.79. The van der Waals surface area contributed by atoms with Crippen LogP contribution >= 0.6 is 0 Å². The number of hydrogen-bond acceptors (Lipinski definition) is 5. The standard InChI is InChI=1S/C17H17N5O.C6H6/c18-10-13-5-3-12(4-6-13)7-9-19-11-15-17(23)22-16-14(21-15)2-1-8-20-16;1-2-4-6-5-3-1/h1-6,8,15,19,21H,7,9,11H2,(H,20,22,23);1-6H. The topological polar surface area (TPSA) is 89.8 Å². The summed E-state index contributed by atoms with van der Waals surface area (Å²) in [6.45, 7) is 1.30. The van der Waals surface area contributed by atoms with E-state index in [1.54, 1.807) is 6.20 Å². The minimum absolute atomic E-state index is 0.0814. The van der Waals surface area contributed by atoms with Crippen LogP contribution in [0.15, 0.2) is 79.0 Å². The number of carbonyl (C=O) groups excluding carboxylic acids is 1. The molecule has 6 heteroatoms. The molecule has 6 nitrogen and oxygen atoms in total. The molecule has 4 rings (SSSR count). The Morgan fingerprint density at radius 2 is 1.69 bits per heavy atom. The number of anilines is 2. The Balaban J connectivity index is 0.000000343. The number of hydrogen-bond donors (Lipinski definition) is 3. The number of pyridine rings is 1. The lowest BCUT2D eigenvalue weighted by Gasteiger charge is -2.26. The molecule has 3 aromatic rings. The highest BCUT2D eigenvalue weighted by Gasteiger charge is 2.25. The van der Waals surface area contributed by atoms with Crippen LogP contribution in [0, 0.1) is 11.3 Å². The summed E-state index contributed by atoms with van der Waals surface area (Å²) in [5.74, 6) is 0.494. The van der Waals surface area contributed by atoms with Crippen LogP contribution < -0.4 is 16.0 Å². The molecule has 1 amide bonds. The lowest BCUT2D eigenvalue weighted by Crippen LogP contribution is -2.46. The van der Waals surface area contributed by atoms with Gasteiger partial charge in [-0.2, -0.15) is 5.26 Å². The molecule has 0 spiro atoms. The first-order chi connectivity index (χ1) is 14.3. The smallest absolute Gasteiger partial charge is 0.249 e. The molecule has 0 saturated heterocycles. The van der Waals surface area contributed by atoms with Crippen LogP contribution in [0.2, 0.25) is 0 Å². The number of fused-ring (bicyclic) bond motifs is 1. The summed E-state index contributed by atoms with van der Waals surface area (Å²) < 4.78 is 0. The molecule has 0 bridgehead atoms. The first-order valence-corrected chi connectivity index (χ1v) is 9.48. The summed E-state index contributed by atoms with van der Waals surface area (Å²) in [7, 11) is 0. The fourth-order valence-corrected chi connectivity index (χ4v) is 2.83. The van der Waals surface area contributed by atoms with Gasteiger partial charge in [0.1, 0.15) is 6.04 Å². The van der Waals surface area contributed by atoms with Crippen molar-refractivity contribution in [1.29, 1.82) is 5.26 Å². The van der Waals surface area contributed by atoms with Crippen molar-refractivity contribution in [3.8, 4) is 6.07 Å². The highest BCUT2D eigenvalue weighted by atomic mass is 16.2. The fraction of sp³-hybridized carbons (Fsp3) is 0.174. The highest BCUT2D eigenvalue weighted by Crippen LogP contribution is 2.22. The summed E-state index contributed by atoms with van der Waals surface area (Å²) >= 11 is 0. The number of nitrogens with one attached hydrogen (secondary N) is 3. The zero-order valence-corrected chi connectivity index (χ0v) is 16.0. The molecule has 146 valence electrons. The van der Waals surface area contributed by atoms with Gasteiger partial charge >= 0.3 is 0 Å². The lowest BCUT2D eigenvalue weighted by molar-refractivity contribution is -0.117. The minimum atomic E-state index is -0.312. The van der Waals surface area contributed by atoms with Crippen LogP contribution in [0.3, 0.4) is 0 Å². The van der Waals surface area contributed by atoms with Gasteiger partial charge in [0.25, 0.3) is 0 Å².